The van der Waals surface area contributed by atoms with Crippen molar-refractivity contribution in [3.05, 3.63) is 22.5 Å². The summed E-state index contributed by atoms with van der Waals surface area (Å²) >= 11 is 0. The number of carbonyl (C=O) groups is 3. The van der Waals surface area contributed by atoms with E-state index in [-0.39, 0.29) is 25.0 Å². The number of carbonyl (C=O) groups excluding carboxylic acids is 3. The van der Waals surface area contributed by atoms with Gasteiger partial charge in [0.15, 0.2) is 6.61 Å². The molecule has 1 aromatic heterocycles. The van der Waals surface area contributed by atoms with E-state index in [0.29, 0.717) is 34.9 Å². The molecule has 138 valence electrons. The minimum absolute atomic E-state index is 0.269. The van der Waals surface area contributed by atoms with E-state index in [4.69, 9.17) is 9.47 Å². The fourth-order valence-electron chi connectivity index (χ4n) is 3.44. The summed E-state index contributed by atoms with van der Waals surface area (Å²) in [7, 11) is 0. The van der Waals surface area contributed by atoms with Gasteiger partial charge in [-0.1, -0.05) is 19.3 Å². The summed E-state index contributed by atoms with van der Waals surface area (Å²) in [6.07, 6.45) is 6.05. The number of esters is 2. The molecule has 1 aliphatic carbocycles. The molecule has 0 atom stereocenters. The SMILES string of the molecule is CCOC(=O)c1c(C)[nH]c(C(=O)COC(=O)CC2CCCCC2)c1C. The third-order valence-electron chi connectivity index (χ3n) is 4.74. The summed E-state index contributed by atoms with van der Waals surface area (Å²) in [4.78, 5) is 39.2. The van der Waals surface area contributed by atoms with Crippen LogP contribution in [-0.4, -0.2) is 35.9 Å². The van der Waals surface area contributed by atoms with Crippen LogP contribution in [0.3, 0.4) is 0 Å². The van der Waals surface area contributed by atoms with Gasteiger partial charge in [0.25, 0.3) is 0 Å². The molecule has 0 saturated heterocycles. The third-order valence-corrected chi connectivity index (χ3v) is 4.74. The van der Waals surface area contributed by atoms with Crippen molar-refractivity contribution in [1.29, 1.82) is 0 Å². The summed E-state index contributed by atoms with van der Waals surface area (Å²) in [5.41, 5.74) is 1.78. The lowest BCUT2D eigenvalue weighted by Crippen LogP contribution is -2.19. The van der Waals surface area contributed by atoms with Gasteiger partial charge in [0.2, 0.25) is 5.78 Å². The van der Waals surface area contributed by atoms with E-state index in [0.717, 1.165) is 25.7 Å². The highest BCUT2D eigenvalue weighted by Crippen LogP contribution is 2.26. The van der Waals surface area contributed by atoms with Crippen molar-refractivity contribution < 1.29 is 23.9 Å². The fourth-order valence-corrected chi connectivity index (χ4v) is 3.44. The topological polar surface area (TPSA) is 85.5 Å². The van der Waals surface area contributed by atoms with Gasteiger partial charge in [0.1, 0.15) is 0 Å². The van der Waals surface area contributed by atoms with E-state index in [2.05, 4.69) is 4.98 Å². The molecule has 1 aliphatic rings. The van der Waals surface area contributed by atoms with Crippen LogP contribution in [0.5, 0.6) is 0 Å². The van der Waals surface area contributed by atoms with Crippen LogP contribution in [0.15, 0.2) is 0 Å². The molecule has 0 aromatic carbocycles. The van der Waals surface area contributed by atoms with Crippen molar-refractivity contribution in [3.63, 3.8) is 0 Å². The minimum Gasteiger partial charge on any atom is -0.462 e. The average molecular weight is 349 g/mol. The molecule has 0 spiro atoms. The first-order valence-corrected chi connectivity index (χ1v) is 8.99. The summed E-state index contributed by atoms with van der Waals surface area (Å²) < 4.78 is 10.2. The van der Waals surface area contributed by atoms with Crippen LogP contribution in [0, 0.1) is 19.8 Å². The first kappa shape index (κ1) is 19.2. The van der Waals surface area contributed by atoms with Crippen LogP contribution >= 0.6 is 0 Å². The van der Waals surface area contributed by atoms with Crippen molar-refractivity contribution in [2.24, 2.45) is 5.92 Å². The predicted octanol–water partition coefficient (Wildman–Crippen LogP) is 3.50. The summed E-state index contributed by atoms with van der Waals surface area (Å²) in [6.45, 7) is 5.09. The molecule has 6 nitrogen and oxygen atoms in total. The quantitative estimate of drug-likeness (QED) is 0.601. The minimum atomic E-state index is -0.456. The third kappa shape index (κ3) is 4.94. The highest BCUT2D eigenvalue weighted by molar-refractivity contribution is 6.02. The number of aryl methyl sites for hydroxylation is 1. The molecule has 1 heterocycles. The van der Waals surface area contributed by atoms with E-state index in [1.165, 1.54) is 6.42 Å². The maximum absolute atomic E-state index is 12.3. The van der Waals surface area contributed by atoms with Gasteiger partial charge in [0, 0.05) is 12.1 Å². The number of aromatic nitrogens is 1. The van der Waals surface area contributed by atoms with Gasteiger partial charge in [-0.3, -0.25) is 9.59 Å². The van der Waals surface area contributed by atoms with Crippen LogP contribution in [-0.2, 0) is 14.3 Å². The van der Waals surface area contributed by atoms with Crippen molar-refractivity contribution in [1.82, 2.24) is 4.98 Å². The molecular weight excluding hydrogens is 322 g/mol. The van der Waals surface area contributed by atoms with Crippen LogP contribution in [0.2, 0.25) is 0 Å². The number of ketones is 1. The molecule has 0 bridgehead atoms. The van der Waals surface area contributed by atoms with Crippen molar-refractivity contribution in [2.75, 3.05) is 13.2 Å². The van der Waals surface area contributed by atoms with Crippen LogP contribution in [0.1, 0.15) is 77.6 Å². The van der Waals surface area contributed by atoms with Crippen molar-refractivity contribution >= 4 is 17.7 Å². The van der Waals surface area contributed by atoms with Gasteiger partial charge in [0.05, 0.1) is 17.9 Å². The molecule has 1 fully saturated rings. The van der Waals surface area contributed by atoms with Gasteiger partial charge >= 0.3 is 11.9 Å². The van der Waals surface area contributed by atoms with Crippen LogP contribution < -0.4 is 0 Å². The number of ether oxygens (including phenoxy) is 2. The van der Waals surface area contributed by atoms with Crippen LogP contribution in [0.25, 0.3) is 0 Å². The second kappa shape index (κ2) is 8.83. The van der Waals surface area contributed by atoms with E-state index >= 15 is 0 Å². The Hall–Kier alpha value is -2.11. The smallest absolute Gasteiger partial charge is 0.340 e. The number of aromatic amines is 1. The highest BCUT2D eigenvalue weighted by Gasteiger charge is 2.24. The molecule has 1 N–H and O–H groups in total. The standard InChI is InChI=1S/C19H27NO5/c1-4-24-19(23)17-12(2)18(20-13(17)3)15(21)11-25-16(22)10-14-8-6-5-7-9-14/h14,20H,4-11H2,1-3H3. The first-order chi connectivity index (χ1) is 11.9. The number of H-pyrrole nitrogens is 1. The lowest BCUT2D eigenvalue weighted by molar-refractivity contribution is -0.143. The van der Waals surface area contributed by atoms with Crippen molar-refractivity contribution in [2.45, 2.75) is 59.3 Å². The summed E-state index contributed by atoms with van der Waals surface area (Å²) in [5.74, 6) is -0.747. The van der Waals surface area contributed by atoms with Gasteiger partial charge in [-0.15, -0.1) is 0 Å². The van der Waals surface area contributed by atoms with Gasteiger partial charge < -0.3 is 14.5 Å². The normalized spacial score (nSPS) is 15.0. The van der Waals surface area contributed by atoms with E-state index in [1.54, 1.807) is 20.8 Å². The zero-order valence-electron chi connectivity index (χ0n) is 15.3. The number of rotatable bonds is 7. The second-order valence-electron chi connectivity index (χ2n) is 6.64. The molecule has 6 heteroatoms. The Morgan fingerprint density at radius 2 is 1.76 bits per heavy atom. The molecule has 0 unspecified atom stereocenters. The van der Waals surface area contributed by atoms with E-state index in [9.17, 15) is 14.4 Å². The molecule has 0 aliphatic heterocycles. The molecule has 0 radical (unpaired) electrons. The predicted molar refractivity (Wildman–Crippen MR) is 92.7 cm³/mol. The monoisotopic (exact) mass is 349 g/mol. The van der Waals surface area contributed by atoms with Gasteiger partial charge in [-0.2, -0.15) is 0 Å². The number of hydrogen-bond acceptors (Lipinski definition) is 5. The van der Waals surface area contributed by atoms with Crippen molar-refractivity contribution in [3.8, 4) is 0 Å². The van der Waals surface area contributed by atoms with Gasteiger partial charge in [-0.05, 0) is 45.1 Å². The fraction of sp³-hybridized carbons (Fsp3) is 0.632. The lowest BCUT2D eigenvalue weighted by Gasteiger charge is -2.20. The summed E-state index contributed by atoms with van der Waals surface area (Å²) in [6, 6.07) is 0. The van der Waals surface area contributed by atoms with E-state index < -0.39 is 5.97 Å². The Bertz CT molecular complexity index is 640. The molecule has 0 amide bonds. The van der Waals surface area contributed by atoms with Crippen LogP contribution in [0.4, 0.5) is 0 Å². The zero-order chi connectivity index (χ0) is 18.4. The zero-order valence-corrected chi connectivity index (χ0v) is 15.3. The highest BCUT2D eigenvalue weighted by atomic mass is 16.5. The maximum atomic E-state index is 12.3. The second-order valence-corrected chi connectivity index (χ2v) is 6.64. The molecule has 1 saturated carbocycles. The molecule has 2 rings (SSSR count). The molecule has 25 heavy (non-hydrogen) atoms. The number of nitrogens with one attached hydrogen (secondary N) is 1. The molecular formula is C19H27NO5. The maximum Gasteiger partial charge on any atom is 0.340 e. The Kier molecular flexibility index (Phi) is 6.79. The lowest BCUT2D eigenvalue weighted by atomic mass is 9.87. The Balaban J connectivity index is 1.93. The average Bonchev–Trinajstić information content (AvgIpc) is 2.88. The Morgan fingerprint density at radius 3 is 2.40 bits per heavy atom. The number of hydrogen-bond donors (Lipinski definition) is 1. The summed E-state index contributed by atoms with van der Waals surface area (Å²) in [5, 5.41) is 0. The molecule has 1 aromatic rings. The Labute approximate surface area is 148 Å². The largest absolute Gasteiger partial charge is 0.462 e. The van der Waals surface area contributed by atoms with E-state index in [1.807, 2.05) is 0 Å². The number of Topliss-reactive ketones (excluding diaryl/α,β-unsaturated/α-hetero) is 1. The first-order valence-electron chi connectivity index (χ1n) is 8.99. The Morgan fingerprint density at radius 1 is 1.08 bits per heavy atom. The van der Waals surface area contributed by atoms with Gasteiger partial charge in [-0.25, -0.2) is 4.79 Å².